The molecule has 0 radical (unpaired) electrons. The number of nitrogens with zero attached hydrogens (tertiary/aromatic N) is 1. The summed E-state index contributed by atoms with van der Waals surface area (Å²) in [5, 5.41) is 10.9. The maximum Gasteiger partial charge on any atom is 0.289 e. The van der Waals surface area contributed by atoms with Gasteiger partial charge in [0.25, 0.3) is 9.74 Å². The Bertz CT molecular complexity index is 574. The largest absolute Gasteiger partial charge is 0.289 e. The normalized spacial score (nSPS) is 10.6. The lowest BCUT2D eigenvalue weighted by molar-refractivity contribution is -0.382. The van der Waals surface area contributed by atoms with E-state index in [0.717, 1.165) is 22.7 Å². The number of benzene rings is 1. The molecule has 2 rings (SSSR count). The SMILES string of the molecule is O=c1sc2cc(Cl)cc([N+](=O)[O-])c2s1. The lowest BCUT2D eigenvalue weighted by Crippen LogP contribution is -1.87. The molecule has 0 spiro atoms. The van der Waals surface area contributed by atoms with Crippen molar-refractivity contribution in [3.8, 4) is 0 Å². The first-order valence-corrected chi connectivity index (χ1v) is 5.46. The molecule has 0 bridgehead atoms. The molecule has 0 fully saturated rings. The first-order chi connectivity index (χ1) is 6.58. The Morgan fingerprint density at radius 3 is 2.71 bits per heavy atom. The molecule has 0 N–H and O–H groups in total. The molecule has 2 aromatic rings. The maximum atomic E-state index is 11.0. The number of rotatable bonds is 1. The van der Waals surface area contributed by atoms with Gasteiger partial charge >= 0.3 is 0 Å². The van der Waals surface area contributed by atoms with Crippen LogP contribution >= 0.6 is 34.3 Å². The fourth-order valence-electron chi connectivity index (χ4n) is 1.06. The molecule has 1 heterocycles. The highest BCUT2D eigenvalue weighted by Gasteiger charge is 2.16. The summed E-state index contributed by atoms with van der Waals surface area (Å²) < 4.78 is 0.805. The molecule has 0 atom stereocenters. The summed E-state index contributed by atoms with van der Waals surface area (Å²) in [4.78, 5) is 21.1. The second-order valence-electron chi connectivity index (χ2n) is 2.46. The van der Waals surface area contributed by atoms with Crippen LogP contribution < -0.4 is 4.06 Å². The van der Waals surface area contributed by atoms with Gasteiger partial charge in [-0.25, -0.2) is 0 Å². The molecule has 0 saturated heterocycles. The minimum absolute atomic E-state index is 0.101. The number of hydrogen-bond donors (Lipinski definition) is 0. The van der Waals surface area contributed by atoms with Gasteiger partial charge in [0.05, 0.1) is 9.62 Å². The van der Waals surface area contributed by atoms with Crippen molar-refractivity contribution in [2.75, 3.05) is 0 Å². The van der Waals surface area contributed by atoms with Gasteiger partial charge < -0.3 is 0 Å². The molecule has 0 amide bonds. The van der Waals surface area contributed by atoms with Crippen LogP contribution in [0.5, 0.6) is 0 Å². The van der Waals surface area contributed by atoms with Crippen LogP contribution in [0.4, 0.5) is 5.69 Å². The van der Waals surface area contributed by atoms with Crippen molar-refractivity contribution < 1.29 is 4.92 Å². The van der Waals surface area contributed by atoms with Crippen LogP contribution in [0.15, 0.2) is 16.9 Å². The lowest BCUT2D eigenvalue weighted by Gasteiger charge is -1.93. The van der Waals surface area contributed by atoms with E-state index in [2.05, 4.69) is 0 Å². The Morgan fingerprint density at radius 1 is 1.36 bits per heavy atom. The van der Waals surface area contributed by atoms with Gasteiger partial charge in [0, 0.05) is 11.1 Å². The Balaban J connectivity index is 2.92. The summed E-state index contributed by atoms with van der Waals surface area (Å²) >= 11 is 7.53. The highest BCUT2D eigenvalue weighted by molar-refractivity contribution is 7.35. The van der Waals surface area contributed by atoms with Gasteiger partial charge in [-0.1, -0.05) is 34.3 Å². The third kappa shape index (κ3) is 1.52. The molecule has 7 heteroatoms. The average molecular weight is 248 g/mol. The van der Waals surface area contributed by atoms with Gasteiger partial charge in [0.2, 0.25) is 0 Å². The number of nitro benzene ring substituents is 1. The van der Waals surface area contributed by atoms with E-state index < -0.39 is 4.92 Å². The van der Waals surface area contributed by atoms with Gasteiger partial charge in [-0.2, -0.15) is 0 Å². The fourth-order valence-corrected chi connectivity index (χ4v) is 3.40. The second-order valence-corrected chi connectivity index (χ2v) is 5.16. The summed E-state index contributed by atoms with van der Waals surface area (Å²) in [6.45, 7) is 0. The molecule has 1 aromatic carbocycles. The van der Waals surface area contributed by atoms with Crippen molar-refractivity contribution in [3.05, 3.63) is 36.1 Å². The summed E-state index contributed by atoms with van der Waals surface area (Å²) in [6, 6.07) is 2.82. The van der Waals surface area contributed by atoms with E-state index in [1.54, 1.807) is 6.07 Å². The molecule has 4 nitrogen and oxygen atoms in total. The van der Waals surface area contributed by atoms with E-state index in [0.29, 0.717) is 9.40 Å². The number of halogens is 1. The summed E-state index contributed by atoms with van der Waals surface area (Å²) in [5.74, 6) is 0. The molecule has 0 unspecified atom stereocenters. The predicted octanol–water partition coefficient (Wildman–Crippen LogP) is 2.88. The first kappa shape index (κ1) is 9.57. The molecular weight excluding hydrogens is 246 g/mol. The van der Waals surface area contributed by atoms with Crippen molar-refractivity contribution in [2.24, 2.45) is 0 Å². The molecule has 0 aliphatic rings. The van der Waals surface area contributed by atoms with Crippen LogP contribution in [-0.4, -0.2) is 4.92 Å². The quantitative estimate of drug-likeness (QED) is 0.575. The highest BCUT2D eigenvalue weighted by atomic mass is 35.5. The third-order valence-electron chi connectivity index (χ3n) is 1.58. The van der Waals surface area contributed by atoms with Crippen LogP contribution in [-0.2, 0) is 0 Å². The topological polar surface area (TPSA) is 60.2 Å². The number of nitro groups is 1. The van der Waals surface area contributed by atoms with Crippen molar-refractivity contribution in [1.29, 1.82) is 0 Å². The van der Waals surface area contributed by atoms with E-state index in [4.69, 9.17) is 11.6 Å². The van der Waals surface area contributed by atoms with Gasteiger partial charge in [-0.15, -0.1) is 0 Å². The molecular formula is C7H2ClNO3S2. The van der Waals surface area contributed by atoms with Gasteiger partial charge in [0.1, 0.15) is 4.70 Å². The first-order valence-electron chi connectivity index (χ1n) is 3.45. The summed E-state index contributed by atoms with van der Waals surface area (Å²) in [6.07, 6.45) is 0. The zero-order valence-electron chi connectivity index (χ0n) is 6.52. The highest BCUT2D eigenvalue weighted by Crippen LogP contribution is 2.33. The van der Waals surface area contributed by atoms with Crippen LogP contribution in [0.2, 0.25) is 5.02 Å². The van der Waals surface area contributed by atoms with Crippen LogP contribution in [0, 0.1) is 10.1 Å². The Kier molecular flexibility index (Phi) is 2.26. The van der Waals surface area contributed by atoms with Crippen LogP contribution in [0.25, 0.3) is 9.40 Å². The van der Waals surface area contributed by atoms with E-state index in [-0.39, 0.29) is 14.8 Å². The van der Waals surface area contributed by atoms with E-state index in [1.165, 1.54) is 6.07 Å². The predicted molar refractivity (Wildman–Crippen MR) is 57.6 cm³/mol. The third-order valence-corrected chi connectivity index (χ3v) is 3.93. The number of hydrogen-bond acceptors (Lipinski definition) is 5. The summed E-state index contributed by atoms with van der Waals surface area (Å²) in [7, 11) is 0. The molecule has 1 aromatic heterocycles. The average Bonchev–Trinajstić information content (AvgIpc) is 2.42. The van der Waals surface area contributed by atoms with E-state index in [1.807, 2.05) is 0 Å². The molecule has 0 aliphatic carbocycles. The zero-order valence-corrected chi connectivity index (χ0v) is 8.91. The Morgan fingerprint density at radius 2 is 2.07 bits per heavy atom. The number of non-ortho nitro benzene ring substituents is 1. The molecule has 0 saturated carbocycles. The van der Waals surface area contributed by atoms with Gasteiger partial charge in [-0.3, -0.25) is 14.9 Å². The molecule has 0 aliphatic heterocycles. The van der Waals surface area contributed by atoms with E-state index in [9.17, 15) is 14.9 Å². The number of fused-ring (bicyclic) bond motifs is 1. The monoisotopic (exact) mass is 247 g/mol. The Hall–Kier alpha value is -0.980. The van der Waals surface area contributed by atoms with Crippen molar-refractivity contribution >= 4 is 49.4 Å². The second kappa shape index (κ2) is 3.30. The molecule has 14 heavy (non-hydrogen) atoms. The minimum Gasteiger partial charge on any atom is -0.265 e. The minimum atomic E-state index is -0.531. The summed E-state index contributed by atoms with van der Waals surface area (Å²) in [5.41, 5.74) is -0.101. The lowest BCUT2D eigenvalue weighted by atomic mass is 10.3. The van der Waals surface area contributed by atoms with Crippen molar-refractivity contribution in [3.63, 3.8) is 0 Å². The van der Waals surface area contributed by atoms with Crippen molar-refractivity contribution in [1.82, 2.24) is 0 Å². The molecule has 72 valence electrons. The van der Waals surface area contributed by atoms with E-state index >= 15 is 0 Å². The van der Waals surface area contributed by atoms with Crippen LogP contribution in [0.1, 0.15) is 0 Å². The zero-order chi connectivity index (χ0) is 10.3. The Labute approximate surface area is 90.5 Å². The van der Waals surface area contributed by atoms with Crippen molar-refractivity contribution in [2.45, 2.75) is 0 Å². The standard InChI is InChI=1S/C7H2ClNO3S2/c8-3-1-4(9(11)12)6-5(2-3)13-7(10)14-6/h1-2H. The van der Waals surface area contributed by atoms with Gasteiger partial charge in [0.15, 0.2) is 0 Å². The van der Waals surface area contributed by atoms with Crippen LogP contribution in [0.3, 0.4) is 0 Å². The van der Waals surface area contributed by atoms with Gasteiger partial charge in [-0.05, 0) is 6.07 Å². The maximum absolute atomic E-state index is 11.0. The smallest absolute Gasteiger partial charge is 0.265 e. The fraction of sp³-hybridized carbons (Fsp3) is 0.